The maximum absolute atomic E-state index is 12.3. The molecular formula is C20H20KN3O4. The van der Waals surface area contributed by atoms with Crippen molar-refractivity contribution in [3.8, 4) is 0 Å². The molecule has 140 valence electrons. The Labute approximate surface area is 205 Å². The zero-order chi connectivity index (χ0) is 18.8. The van der Waals surface area contributed by atoms with E-state index < -0.39 is 18.0 Å². The number of aliphatic carboxylic acids is 1. The molecule has 2 aliphatic heterocycles. The fraction of sp³-hybridized carbons (Fsp3) is 0.300. The monoisotopic (exact) mass is 405 g/mol. The van der Waals surface area contributed by atoms with Crippen LogP contribution in [0, 0.1) is 0 Å². The first-order valence-corrected chi connectivity index (χ1v) is 8.91. The molecule has 1 unspecified atom stereocenters. The number of nitrogens with zero attached hydrogens (tertiary/aromatic N) is 1. The average molecular weight is 405 g/mol. The minimum atomic E-state index is -1.31. The van der Waals surface area contributed by atoms with E-state index in [-0.39, 0.29) is 57.9 Å². The second-order valence-electron chi connectivity index (χ2n) is 6.77. The molecule has 0 aromatic heterocycles. The number of ether oxygens (including phenoxy) is 1. The minimum absolute atomic E-state index is 0. The number of amides is 2. The number of anilines is 2. The maximum atomic E-state index is 12.3. The third kappa shape index (κ3) is 4.76. The summed E-state index contributed by atoms with van der Waals surface area (Å²) >= 11 is 0. The number of para-hydroxylation sites is 1. The van der Waals surface area contributed by atoms with Crippen LogP contribution in [0.4, 0.5) is 16.2 Å². The van der Waals surface area contributed by atoms with Crippen LogP contribution in [-0.4, -0.2) is 31.1 Å². The van der Waals surface area contributed by atoms with Crippen molar-refractivity contribution in [2.75, 3.05) is 23.3 Å². The molecule has 0 aliphatic carbocycles. The number of carboxylic acids is 1. The molecule has 2 aromatic carbocycles. The normalized spacial score (nSPS) is 15.2. The molecular weight excluding hydrogens is 385 g/mol. The van der Waals surface area contributed by atoms with Crippen molar-refractivity contribution in [1.29, 1.82) is 0 Å². The summed E-state index contributed by atoms with van der Waals surface area (Å²) in [4.78, 5) is 25.8. The molecule has 0 radical (unpaired) electrons. The van der Waals surface area contributed by atoms with E-state index in [1.54, 1.807) is 6.07 Å². The van der Waals surface area contributed by atoms with Gasteiger partial charge in [0.25, 0.3) is 0 Å². The molecule has 2 aliphatic rings. The van der Waals surface area contributed by atoms with E-state index in [0.29, 0.717) is 18.9 Å². The zero-order valence-electron chi connectivity index (χ0n) is 15.7. The molecule has 0 spiro atoms. The Bertz CT molecular complexity index is 890. The molecule has 4 rings (SSSR count). The third-order valence-corrected chi connectivity index (χ3v) is 4.96. The van der Waals surface area contributed by atoms with Crippen LogP contribution < -0.4 is 72.0 Å². The standard InChI is InChI=1S/C20H21N3O4.K/c24-19(25)17(10-23-8-7-13-3-1-2-4-18(13)23)22-20(26)21-16-6-5-14-11-27-12-15(14)9-16;/h1-6,9,17H,7-8,10-12H2,(H,24,25)(H2,21,22,26);/q;+1/p-1. The summed E-state index contributed by atoms with van der Waals surface area (Å²) in [5.74, 6) is -1.31. The number of urea groups is 1. The molecule has 2 N–H and O–H groups in total. The van der Waals surface area contributed by atoms with E-state index in [0.717, 1.165) is 29.8 Å². The maximum Gasteiger partial charge on any atom is 1.00 e. The fourth-order valence-electron chi connectivity index (χ4n) is 3.57. The molecule has 2 heterocycles. The van der Waals surface area contributed by atoms with Gasteiger partial charge in [0.2, 0.25) is 0 Å². The van der Waals surface area contributed by atoms with Gasteiger partial charge in [-0.15, -0.1) is 0 Å². The van der Waals surface area contributed by atoms with Gasteiger partial charge in [-0.05, 0) is 41.3 Å². The van der Waals surface area contributed by atoms with E-state index in [2.05, 4.69) is 10.6 Å². The van der Waals surface area contributed by atoms with Crippen LogP contribution in [0.5, 0.6) is 0 Å². The molecule has 8 heteroatoms. The van der Waals surface area contributed by atoms with Crippen molar-refractivity contribution in [2.24, 2.45) is 0 Å². The van der Waals surface area contributed by atoms with Crippen LogP contribution in [0.15, 0.2) is 42.5 Å². The number of carbonyl (C=O) groups excluding carboxylic acids is 2. The van der Waals surface area contributed by atoms with Gasteiger partial charge in [-0.3, -0.25) is 0 Å². The number of carboxylic acid groups (broad SMARTS) is 1. The number of fused-ring (bicyclic) bond motifs is 2. The number of rotatable bonds is 5. The summed E-state index contributed by atoms with van der Waals surface area (Å²) in [6.45, 7) is 1.97. The van der Waals surface area contributed by atoms with E-state index in [9.17, 15) is 14.7 Å². The summed E-state index contributed by atoms with van der Waals surface area (Å²) in [6.07, 6.45) is 0.860. The summed E-state index contributed by atoms with van der Waals surface area (Å²) in [6, 6.07) is 11.7. The molecule has 7 nitrogen and oxygen atoms in total. The Morgan fingerprint density at radius 3 is 2.71 bits per heavy atom. The summed E-state index contributed by atoms with van der Waals surface area (Å²) < 4.78 is 5.35. The molecule has 1 atom stereocenters. The van der Waals surface area contributed by atoms with Crippen molar-refractivity contribution in [3.63, 3.8) is 0 Å². The number of nitrogens with one attached hydrogen (secondary N) is 2. The Balaban J connectivity index is 0.00000225. The number of hydrogen-bond donors (Lipinski definition) is 2. The van der Waals surface area contributed by atoms with Crippen LogP contribution in [-0.2, 0) is 29.2 Å². The van der Waals surface area contributed by atoms with Gasteiger partial charge in [-0.1, -0.05) is 24.3 Å². The Morgan fingerprint density at radius 1 is 1.11 bits per heavy atom. The first-order valence-electron chi connectivity index (χ1n) is 8.91. The van der Waals surface area contributed by atoms with Gasteiger partial charge < -0.3 is 30.2 Å². The van der Waals surface area contributed by atoms with Crippen molar-refractivity contribution in [3.05, 3.63) is 59.2 Å². The van der Waals surface area contributed by atoms with Crippen LogP contribution in [0.25, 0.3) is 0 Å². The van der Waals surface area contributed by atoms with Crippen molar-refractivity contribution < 1.29 is 70.8 Å². The fourth-order valence-corrected chi connectivity index (χ4v) is 3.57. The van der Waals surface area contributed by atoms with E-state index >= 15 is 0 Å². The van der Waals surface area contributed by atoms with Gasteiger partial charge in [-0.2, -0.15) is 0 Å². The second-order valence-corrected chi connectivity index (χ2v) is 6.77. The van der Waals surface area contributed by atoms with Gasteiger partial charge in [0.15, 0.2) is 0 Å². The van der Waals surface area contributed by atoms with Crippen LogP contribution >= 0.6 is 0 Å². The molecule has 28 heavy (non-hydrogen) atoms. The van der Waals surface area contributed by atoms with E-state index in [1.165, 1.54) is 5.56 Å². The quantitative estimate of drug-likeness (QED) is 0.563. The molecule has 0 bridgehead atoms. The van der Waals surface area contributed by atoms with Gasteiger partial charge in [-0.25, -0.2) is 4.79 Å². The van der Waals surface area contributed by atoms with E-state index in [4.69, 9.17) is 4.74 Å². The summed E-state index contributed by atoms with van der Waals surface area (Å²) in [5, 5.41) is 16.7. The topological polar surface area (TPSA) is 93.7 Å². The van der Waals surface area contributed by atoms with Gasteiger partial charge in [0.05, 0.1) is 25.2 Å². The van der Waals surface area contributed by atoms with E-state index in [1.807, 2.05) is 41.3 Å². The molecule has 0 saturated carbocycles. The molecule has 0 fully saturated rings. The van der Waals surface area contributed by atoms with Gasteiger partial charge in [0.1, 0.15) is 0 Å². The number of hydrogen-bond acceptors (Lipinski definition) is 5. The molecule has 0 saturated heterocycles. The van der Waals surface area contributed by atoms with Gasteiger partial charge in [0, 0.05) is 24.5 Å². The van der Waals surface area contributed by atoms with Crippen molar-refractivity contribution in [2.45, 2.75) is 25.7 Å². The largest absolute Gasteiger partial charge is 1.00 e. The predicted octanol–water partition coefficient (Wildman–Crippen LogP) is -1.98. The summed E-state index contributed by atoms with van der Waals surface area (Å²) in [5.41, 5.74) is 4.91. The summed E-state index contributed by atoms with van der Waals surface area (Å²) in [7, 11) is 0. The first kappa shape index (κ1) is 21.3. The van der Waals surface area contributed by atoms with Crippen LogP contribution in [0.3, 0.4) is 0 Å². The predicted molar refractivity (Wildman–Crippen MR) is 98.2 cm³/mol. The van der Waals surface area contributed by atoms with Gasteiger partial charge >= 0.3 is 57.4 Å². The molecule has 2 amide bonds. The number of benzene rings is 2. The second kappa shape index (κ2) is 9.38. The Morgan fingerprint density at radius 2 is 1.89 bits per heavy atom. The third-order valence-electron chi connectivity index (χ3n) is 4.96. The Hall–Kier alpha value is -1.42. The van der Waals surface area contributed by atoms with Crippen LogP contribution in [0.1, 0.15) is 16.7 Å². The number of carbonyl (C=O) groups is 2. The Kier molecular flexibility index (Phi) is 7.13. The average Bonchev–Trinajstić information content (AvgIpc) is 3.27. The smallest absolute Gasteiger partial charge is 0.548 e. The zero-order valence-corrected chi connectivity index (χ0v) is 18.9. The SMILES string of the molecule is O=C(Nc1ccc2c(c1)COC2)NC(CN1CCc2ccccc21)C(=O)[O-].[K+]. The van der Waals surface area contributed by atoms with Crippen molar-refractivity contribution in [1.82, 2.24) is 5.32 Å². The minimum Gasteiger partial charge on any atom is -0.548 e. The van der Waals surface area contributed by atoms with Crippen molar-refractivity contribution >= 4 is 23.4 Å². The van der Waals surface area contributed by atoms with Crippen LogP contribution in [0.2, 0.25) is 0 Å². The first-order chi connectivity index (χ1) is 13.1. The molecule has 2 aromatic rings.